The van der Waals surface area contributed by atoms with Gasteiger partial charge in [0.05, 0.1) is 18.8 Å². The van der Waals surface area contributed by atoms with Crippen molar-refractivity contribution in [2.24, 2.45) is 11.1 Å². The Bertz CT molecular complexity index is 548. The lowest BCUT2D eigenvalue weighted by molar-refractivity contribution is 0.0365. The molecule has 5 nitrogen and oxygen atoms in total. The molecule has 1 aliphatic rings. The summed E-state index contributed by atoms with van der Waals surface area (Å²) in [6.45, 7) is 1.93. The molecule has 1 aromatic carbocycles. The van der Waals surface area contributed by atoms with Gasteiger partial charge in [-0.3, -0.25) is 4.18 Å². The second kappa shape index (κ2) is 5.76. The Morgan fingerprint density at radius 1 is 1.47 bits per heavy atom. The van der Waals surface area contributed by atoms with Crippen LogP contribution in [0.15, 0.2) is 24.3 Å². The van der Waals surface area contributed by atoms with Gasteiger partial charge in [0.15, 0.2) is 0 Å². The fourth-order valence-electron chi connectivity index (χ4n) is 2.34. The molecule has 1 fully saturated rings. The fraction of sp³-hybridized carbons (Fsp3) is 0.500. The van der Waals surface area contributed by atoms with Gasteiger partial charge in [-0.05, 0) is 25.0 Å². The van der Waals surface area contributed by atoms with E-state index < -0.39 is 10.3 Å². The van der Waals surface area contributed by atoms with E-state index in [0.29, 0.717) is 11.4 Å². The molecule has 0 aromatic heterocycles. The van der Waals surface area contributed by atoms with Gasteiger partial charge < -0.3 is 4.74 Å². The quantitative estimate of drug-likeness (QED) is 0.923. The van der Waals surface area contributed by atoms with Crippen LogP contribution in [0.25, 0.3) is 0 Å². The van der Waals surface area contributed by atoms with E-state index >= 15 is 0 Å². The Balaban J connectivity index is 2.16. The highest BCUT2D eigenvalue weighted by atomic mass is 35.5. The molecule has 1 saturated heterocycles. The van der Waals surface area contributed by atoms with Crippen molar-refractivity contribution in [1.82, 2.24) is 0 Å². The lowest BCUT2D eigenvalue weighted by Crippen LogP contribution is -2.22. The van der Waals surface area contributed by atoms with Crippen molar-refractivity contribution in [3.63, 3.8) is 0 Å². The summed E-state index contributed by atoms with van der Waals surface area (Å²) in [7, 11) is -3.93. The second-order valence-corrected chi connectivity index (χ2v) is 6.29. The van der Waals surface area contributed by atoms with Gasteiger partial charge in [0, 0.05) is 10.9 Å². The van der Waals surface area contributed by atoms with Crippen LogP contribution in [0.4, 0.5) is 0 Å². The first-order chi connectivity index (χ1) is 8.87. The maximum atomic E-state index is 10.9. The molecule has 0 spiro atoms. The third-order valence-electron chi connectivity index (χ3n) is 3.10. The van der Waals surface area contributed by atoms with Crippen LogP contribution in [0.2, 0.25) is 5.02 Å². The smallest absolute Gasteiger partial charge is 0.333 e. The SMILES string of the molecule is CC1C[C@@H](COS(N)(=O)=O)[C@H](c2ccccc2Cl)O1. The number of ether oxygens (including phenoxy) is 1. The monoisotopic (exact) mass is 305 g/mol. The van der Waals surface area contributed by atoms with Gasteiger partial charge in [-0.2, -0.15) is 8.42 Å². The number of benzene rings is 1. The molecule has 1 aromatic rings. The van der Waals surface area contributed by atoms with Crippen molar-refractivity contribution in [3.8, 4) is 0 Å². The summed E-state index contributed by atoms with van der Waals surface area (Å²) in [5.41, 5.74) is 0.844. The molecule has 1 heterocycles. The second-order valence-electron chi connectivity index (χ2n) is 4.66. The Morgan fingerprint density at radius 2 is 2.16 bits per heavy atom. The van der Waals surface area contributed by atoms with Crippen LogP contribution in [0.5, 0.6) is 0 Å². The largest absolute Gasteiger partial charge is 0.370 e. The van der Waals surface area contributed by atoms with Crippen LogP contribution in [-0.2, 0) is 19.2 Å². The summed E-state index contributed by atoms with van der Waals surface area (Å²) in [4.78, 5) is 0. The zero-order valence-corrected chi connectivity index (χ0v) is 12.0. The molecule has 7 heteroatoms. The number of nitrogens with two attached hydrogens (primary N) is 1. The zero-order chi connectivity index (χ0) is 14.0. The van der Waals surface area contributed by atoms with E-state index in [1.54, 1.807) is 6.07 Å². The minimum absolute atomic E-state index is 0.000929. The van der Waals surface area contributed by atoms with Crippen molar-refractivity contribution in [2.45, 2.75) is 25.6 Å². The Morgan fingerprint density at radius 3 is 2.79 bits per heavy atom. The standard InChI is InChI=1S/C12H16ClNO4S/c1-8-6-9(7-17-19(14,15)16)12(18-8)10-4-2-3-5-11(10)13/h2-5,8-9,12H,6-7H2,1H3,(H2,14,15,16)/t8?,9-,12+/m0/s1. The molecule has 1 aliphatic heterocycles. The summed E-state index contributed by atoms with van der Waals surface area (Å²) >= 11 is 6.14. The predicted octanol–water partition coefficient (Wildman–Crippen LogP) is 2.03. The first-order valence-corrected chi connectivity index (χ1v) is 7.79. The van der Waals surface area contributed by atoms with Gasteiger partial charge in [-0.1, -0.05) is 29.8 Å². The fourth-order valence-corrected chi connectivity index (χ4v) is 2.95. The molecule has 1 unspecified atom stereocenters. The van der Waals surface area contributed by atoms with Crippen LogP contribution in [0, 0.1) is 5.92 Å². The van der Waals surface area contributed by atoms with Gasteiger partial charge in [0.1, 0.15) is 0 Å². The van der Waals surface area contributed by atoms with E-state index in [9.17, 15) is 8.42 Å². The average molecular weight is 306 g/mol. The maximum absolute atomic E-state index is 10.9. The molecule has 0 saturated carbocycles. The molecular weight excluding hydrogens is 290 g/mol. The molecule has 0 bridgehead atoms. The van der Waals surface area contributed by atoms with Crippen LogP contribution in [0.3, 0.4) is 0 Å². The summed E-state index contributed by atoms with van der Waals surface area (Å²) in [5, 5.41) is 5.44. The van der Waals surface area contributed by atoms with E-state index in [1.165, 1.54) is 0 Å². The maximum Gasteiger partial charge on any atom is 0.333 e. The molecule has 2 N–H and O–H groups in total. The van der Waals surface area contributed by atoms with Gasteiger partial charge in [0.25, 0.3) is 0 Å². The van der Waals surface area contributed by atoms with E-state index in [0.717, 1.165) is 5.56 Å². The summed E-state index contributed by atoms with van der Waals surface area (Å²) in [6.07, 6.45) is 0.451. The summed E-state index contributed by atoms with van der Waals surface area (Å²) < 4.78 is 32.2. The summed E-state index contributed by atoms with van der Waals surface area (Å²) in [5.74, 6) is -0.0896. The molecule has 3 atom stereocenters. The zero-order valence-electron chi connectivity index (χ0n) is 10.5. The first kappa shape index (κ1) is 14.7. The Hall–Kier alpha value is -0.660. The molecule has 0 radical (unpaired) electrons. The first-order valence-electron chi connectivity index (χ1n) is 5.94. The van der Waals surface area contributed by atoms with Gasteiger partial charge >= 0.3 is 10.3 Å². The number of hydrogen-bond donors (Lipinski definition) is 1. The summed E-state index contributed by atoms with van der Waals surface area (Å²) in [6, 6.07) is 7.35. The Kier molecular flexibility index (Phi) is 4.47. The van der Waals surface area contributed by atoms with Crippen LogP contribution in [0.1, 0.15) is 25.0 Å². The van der Waals surface area contributed by atoms with Crippen LogP contribution < -0.4 is 5.14 Å². The number of rotatable bonds is 4. The third-order valence-corrected chi connectivity index (χ3v) is 3.91. The van der Waals surface area contributed by atoms with Crippen molar-refractivity contribution in [2.75, 3.05) is 6.61 Å². The van der Waals surface area contributed by atoms with Gasteiger partial charge in [-0.25, -0.2) is 5.14 Å². The topological polar surface area (TPSA) is 78.6 Å². The number of hydrogen-bond acceptors (Lipinski definition) is 4. The van der Waals surface area contributed by atoms with Crippen LogP contribution in [-0.4, -0.2) is 21.1 Å². The minimum atomic E-state index is -3.93. The highest BCUT2D eigenvalue weighted by molar-refractivity contribution is 7.84. The lowest BCUT2D eigenvalue weighted by atomic mass is 9.95. The van der Waals surface area contributed by atoms with Crippen LogP contribution >= 0.6 is 11.6 Å². The molecular formula is C12H16ClNO4S. The van der Waals surface area contributed by atoms with E-state index in [-0.39, 0.29) is 24.7 Å². The number of halogens is 1. The van der Waals surface area contributed by atoms with Gasteiger partial charge in [0.2, 0.25) is 0 Å². The molecule has 106 valence electrons. The van der Waals surface area contributed by atoms with Crippen molar-refractivity contribution in [3.05, 3.63) is 34.9 Å². The van der Waals surface area contributed by atoms with E-state index in [4.69, 9.17) is 21.5 Å². The third kappa shape index (κ3) is 3.90. The lowest BCUT2D eigenvalue weighted by Gasteiger charge is -2.19. The van der Waals surface area contributed by atoms with E-state index in [1.807, 2.05) is 25.1 Å². The van der Waals surface area contributed by atoms with Crippen molar-refractivity contribution in [1.29, 1.82) is 0 Å². The van der Waals surface area contributed by atoms with Crippen molar-refractivity contribution >= 4 is 21.9 Å². The molecule has 0 aliphatic carbocycles. The highest BCUT2D eigenvalue weighted by Crippen LogP contribution is 2.40. The molecule has 2 rings (SSSR count). The molecule has 19 heavy (non-hydrogen) atoms. The van der Waals surface area contributed by atoms with Crippen molar-refractivity contribution < 1.29 is 17.3 Å². The molecule has 0 amide bonds. The van der Waals surface area contributed by atoms with E-state index in [2.05, 4.69) is 4.18 Å². The highest BCUT2D eigenvalue weighted by Gasteiger charge is 2.35. The predicted molar refractivity (Wildman–Crippen MR) is 71.9 cm³/mol. The van der Waals surface area contributed by atoms with Gasteiger partial charge in [-0.15, -0.1) is 0 Å². The minimum Gasteiger partial charge on any atom is -0.370 e. The Labute approximate surface area is 117 Å². The normalized spacial score (nSPS) is 27.6. The average Bonchev–Trinajstić information content (AvgIpc) is 2.67.